The van der Waals surface area contributed by atoms with Crippen molar-refractivity contribution < 1.29 is 4.79 Å². The average Bonchev–Trinajstić information content (AvgIpc) is 2.36. The van der Waals surface area contributed by atoms with Gasteiger partial charge in [0.1, 0.15) is 0 Å². The fourth-order valence-electron chi connectivity index (χ4n) is 2.71. The minimum absolute atomic E-state index is 0.136. The average molecular weight is 256 g/mol. The van der Waals surface area contributed by atoms with E-state index in [1.54, 1.807) is 6.92 Å². The molecule has 1 fully saturated rings. The molecule has 2 heterocycles. The lowest BCUT2D eigenvalue weighted by molar-refractivity contribution is -0.133. The molecule has 0 atom stereocenters. The molecule has 1 N–H and O–H groups in total. The minimum Gasteiger partial charge on any atom is -0.382 e. The Hall–Kier alpha value is -2.22. The van der Waals surface area contributed by atoms with Crippen LogP contribution in [-0.2, 0) is 4.79 Å². The van der Waals surface area contributed by atoms with Gasteiger partial charge in [-0.2, -0.15) is 5.26 Å². The molecule has 19 heavy (non-hydrogen) atoms. The summed E-state index contributed by atoms with van der Waals surface area (Å²) in [5.41, 5.74) is 2.83. The van der Waals surface area contributed by atoms with Gasteiger partial charge in [-0.1, -0.05) is 0 Å². The van der Waals surface area contributed by atoms with Gasteiger partial charge in [-0.3, -0.25) is 4.79 Å². The van der Waals surface area contributed by atoms with Crippen LogP contribution in [0.25, 0.3) is 0 Å². The third kappa shape index (κ3) is 1.99. The van der Waals surface area contributed by atoms with Gasteiger partial charge >= 0.3 is 0 Å². The molecule has 0 saturated carbocycles. The SMILES string of the molecule is CC(=O)N1CC(N2CCNc3ccc(C#N)cc32)C1. The quantitative estimate of drug-likeness (QED) is 0.815. The number of carbonyl (C=O) groups excluding carboxylic acids is 1. The number of hydrogen-bond donors (Lipinski definition) is 1. The smallest absolute Gasteiger partial charge is 0.219 e. The molecular weight excluding hydrogens is 240 g/mol. The highest BCUT2D eigenvalue weighted by molar-refractivity contribution is 5.77. The molecule has 0 aromatic heterocycles. The van der Waals surface area contributed by atoms with Crippen LogP contribution in [0.4, 0.5) is 11.4 Å². The van der Waals surface area contributed by atoms with Crippen LogP contribution in [0.3, 0.4) is 0 Å². The lowest BCUT2D eigenvalue weighted by Crippen LogP contribution is -2.62. The number of amides is 1. The molecule has 0 radical (unpaired) electrons. The second kappa shape index (κ2) is 4.47. The van der Waals surface area contributed by atoms with Gasteiger partial charge in [0.15, 0.2) is 0 Å². The maximum atomic E-state index is 11.3. The molecule has 1 saturated heterocycles. The number of fused-ring (bicyclic) bond motifs is 1. The van der Waals surface area contributed by atoms with E-state index in [2.05, 4.69) is 16.3 Å². The topological polar surface area (TPSA) is 59.4 Å². The Labute approximate surface area is 112 Å². The van der Waals surface area contributed by atoms with Crippen LogP contribution in [0, 0.1) is 11.3 Å². The molecule has 1 aromatic carbocycles. The van der Waals surface area contributed by atoms with E-state index in [4.69, 9.17) is 5.26 Å². The van der Waals surface area contributed by atoms with Crippen LogP contribution in [0.5, 0.6) is 0 Å². The summed E-state index contributed by atoms with van der Waals surface area (Å²) in [6, 6.07) is 8.27. The Morgan fingerprint density at radius 3 is 2.95 bits per heavy atom. The zero-order chi connectivity index (χ0) is 13.4. The van der Waals surface area contributed by atoms with E-state index in [0.29, 0.717) is 11.6 Å². The monoisotopic (exact) mass is 256 g/mol. The largest absolute Gasteiger partial charge is 0.382 e. The first-order valence-corrected chi connectivity index (χ1v) is 6.49. The number of benzene rings is 1. The molecule has 5 nitrogen and oxygen atoms in total. The van der Waals surface area contributed by atoms with Crippen molar-refractivity contribution in [1.82, 2.24) is 4.90 Å². The summed E-state index contributed by atoms with van der Waals surface area (Å²) in [7, 11) is 0. The number of carbonyl (C=O) groups is 1. The van der Waals surface area contributed by atoms with Crippen LogP contribution in [-0.4, -0.2) is 43.0 Å². The maximum absolute atomic E-state index is 11.3. The first kappa shape index (κ1) is 11.8. The van der Waals surface area contributed by atoms with E-state index in [1.807, 2.05) is 23.1 Å². The molecule has 0 unspecified atom stereocenters. The zero-order valence-electron chi connectivity index (χ0n) is 10.9. The number of rotatable bonds is 1. The van der Waals surface area contributed by atoms with Crippen molar-refractivity contribution >= 4 is 17.3 Å². The van der Waals surface area contributed by atoms with Gasteiger partial charge in [-0.15, -0.1) is 0 Å². The first-order valence-electron chi connectivity index (χ1n) is 6.49. The van der Waals surface area contributed by atoms with E-state index in [1.165, 1.54) is 0 Å². The van der Waals surface area contributed by atoms with Crippen LogP contribution in [0.1, 0.15) is 12.5 Å². The van der Waals surface area contributed by atoms with Gasteiger partial charge in [0.05, 0.1) is 29.0 Å². The van der Waals surface area contributed by atoms with Crippen molar-refractivity contribution in [2.45, 2.75) is 13.0 Å². The maximum Gasteiger partial charge on any atom is 0.219 e. The van der Waals surface area contributed by atoms with Crippen molar-refractivity contribution in [2.75, 3.05) is 36.4 Å². The Morgan fingerprint density at radius 2 is 2.26 bits per heavy atom. The standard InChI is InChI=1S/C14H16N4O/c1-10(19)17-8-12(9-17)18-5-4-16-13-3-2-11(7-15)6-14(13)18/h2-3,6,12,16H,4-5,8-9H2,1H3. The van der Waals surface area contributed by atoms with Gasteiger partial charge < -0.3 is 15.1 Å². The Balaban J connectivity index is 1.83. The molecular formula is C14H16N4O. The van der Waals surface area contributed by atoms with E-state index >= 15 is 0 Å². The predicted molar refractivity (Wildman–Crippen MR) is 73.0 cm³/mol. The van der Waals surface area contributed by atoms with Gasteiger partial charge in [-0.25, -0.2) is 0 Å². The molecule has 0 spiro atoms. The Bertz CT molecular complexity index is 557. The number of anilines is 2. The highest BCUT2D eigenvalue weighted by Gasteiger charge is 2.35. The summed E-state index contributed by atoms with van der Waals surface area (Å²) in [4.78, 5) is 15.4. The molecule has 1 aromatic rings. The fraction of sp³-hybridized carbons (Fsp3) is 0.429. The second-order valence-electron chi connectivity index (χ2n) is 5.04. The van der Waals surface area contributed by atoms with Crippen LogP contribution >= 0.6 is 0 Å². The molecule has 0 bridgehead atoms. The summed E-state index contributed by atoms with van der Waals surface area (Å²) in [6.07, 6.45) is 0. The minimum atomic E-state index is 0.136. The third-order valence-corrected chi connectivity index (χ3v) is 3.85. The summed E-state index contributed by atoms with van der Waals surface area (Å²) in [5.74, 6) is 0.136. The first-order chi connectivity index (χ1) is 9.19. The molecule has 98 valence electrons. The second-order valence-corrected chi connectivity index (χ2v) is 5.04. The number of nitrogens with zero attached hydrogens (tertiary/aromatic N) is 3. The van der Waals surface area contributed by atoms with E-state index in [0.717, 1.165) is 37.6 Å². The van der Waals surface area contributed by atoms with Gasteiger partial charge in [0.25, 0.3) is 0 Å². The number of nitriles is 1. The number of hydrogen-bond acceptors (Lipinski definition) is 4. The molecule has 5 heteroatoms. The van der Waals surface area contributed by atoms with Crippen LogP contribution in [0.2, 0.25) is 0 Å². The molecule has 1 amide bonds. The van der Waals surface area contributed by atoms with Gasteiger partial charge in [0.2, 0.25) is 5.91 Å². The lowest BCUT2D eigenvalue weighted by atomic mass is 10.0. The summed E-state index contributed by atoms with van der Waals surface area (Å²) in [5, 5.41) is 12.4. The molecule has 3 rings (SSSR count). The zero-order valence-corrected chi connectivity index (χ0v) is 10.9. The van der Waals surface area contributed by atoms with Crippen molar-refractivity contribution in [3.8, 4) is 6.07 Å². The lowest BCUT2D eigenvalue weighted by Gasteiger charge is -2.48. The van der Waals surface area contributed by atoms with E-state index in [-0.39, 0.29) is 5.91 Å². The predicted octanol–water partition coefficient (Wildman–Crippen LogP) is 1.02. The van der Waals surface area contributed by atoms with Crippen molar-refractivity contribution in [3.63, 3.8) is 0 Å². The normalized spacial score (nSPS) is 18.1. The fourth-order valence-corrected chi connectivity index (χ4v) is 2.71. The highest BCUT2D eigenvalue weighted by Crippen LogP contribution is 2.33. The highest BCUT2D eigenvalue weighted by atomic mass is 16.2. The van der Waals surface area contributed by atoms with Crippen molar-refractivity contribution in [3.05, 3.63) is 23.8 Å². The van der Waals surface area contributed by atoms with Crippen LogP contribution < -0.4 is 10.2 Å². The van der Waals surface area contributed by atoms with Crippen molar-refractivity contribution in [2.24, 2.45) is 0 Å². The number of likely N-dealkylation sites (tertiary alicyclic amines) is 1. The molecule has 0 aliphatic carbocycles. The third-order valence-electron chi connectivity index (χ3n) is 3.85. The molecule has 2 aliphatic rings. The van der Waals surface area contributed by atoms with E-state index < -0.39 is 0 Å². The Morgan fingerprint density at radius 1 is 1.47 bits per heavy atom. The number of nitrogens with one attached hydrogen (secondary N) is 1. The Kier molecular flexibility index (Phi) is 2.79. The summed E-state index contributed by atoms with van der Waals surface area (Å²) < 4.78 is 0. The summed E-state index contributed by atoms with van der Waals surface area (Å²) in [6.45, 7) is 4.99. The van der Waals surface area contributed by atoms with Crippen LogP contribution in [0.15, 0.2) is 18.2 Å². The van der Waals surface area contributed by atoms with Gasteiger partial charge in [0, 0.05) is 33.1 Å². The van der Waals surface area contributed by atoms with E-state index in [9.17, 15) is 4.79 Å². The summed E-state index contributed by atoms with van der Waals surface area (Å²) >= 11 is 0. The van der Waals surface area contributed by atoms with Gasteiger partial charge in [-0.05, 0) is 18.2 Å². The molecule has 2 aliphatic heterocycles. The van der Waals surface area contributed by atoms with Crippen molar-refractivity contribution in [1.29, 1.82) is 5.26 Å².